The van der Waals surface area contributed by atoms with Crippen LogP contribution >= 0.6 is 0 Å². The van der Waals surface area contributed by atoms with Gasteiger partial charge in [-0.25, -0.2) is 0 Å². The van der Waals surface area contributed by atoms with E-state index in [1.165, 1.54) is 0 Å². The smallest absolute Gasteiger partial charge is 0.164 e. The quantitative estimate of drug-likeness (QED) is 0.512. The molecule has 0 bridgehead atoms. The number of aliphatic hydroxyl groups excluding tert-OH is 2. The molecule has 0 aliphatic carbocycles. The summed E-state index contributed by atoms with van der Waals surface area (Å²) in [6.45, 7) is 3.54. The van der Waals surface area contributed by atoms with Gasteiger partial charge in [0.1, 0.15) is 12.1 Å². The van der Waals surface area contributed by atoms with Crippen molar-refractivity contribution in [2.75, 3.05) is 0 Å². The van der Waals surface area contributed by atoms with E-state index in [0.29, 0.717) is 12.8 Å². The molecule has 6 nitrogen and oxygen atoms in total. The number of hydrogen-bond donors (Lipinski definition) is 2. The fourth-order valence-electron chi connectivity index (χ4n) is 1.08. The minimum atomic E-state index is -1.20. The summed E-state index contributed by atoms with van der Waals surface area (Å²) in [5.74, 6) is 0. The molecule has 4 unspecified atom stereocenters. The number of rotatable bonds is 6. The lowest BCUT2D eigenvalue weighted by atomic mass is 10.1. The first-order valence-corrected chi connectivity index (χ1v) is 5.15. The Kier molecular flexibility index (Phi) is 7.02. The maximum absolute atomic E-state index is 9.26. The predicted molar refractivity (Wildman–Crippen MR) is 56.3 cm³/mol. The number of nitriles is 2. The molecular formula is C10H16N4O2. The highest BCUT2D eigenvalue weighted by Gasteiger charge is 2.19. The third-order valence-electron chi connectivity index (χ3n) is 2.19. The first kappa shape index (κ1) is 14.5. The molecule has 0 aromatic rings. The maximum atomic E-state index is 9.26. The third kappa shape index (κ3) is 4.35. The summed E-state index contributed by atoms with van der Waals surface area (Å²) >= 11 is 0. The minimum absolute atomic E-state index is 0.470. The fraction of sp³-hybridized carbons (Fsp3) is 0.800. The van der Waals surface area contributed by atoms with Crippen molar-refractivity contribution in [3.8, 4) is 12.1 Å². The number of azo groups is 1. The summed E-state index contributed by atoms with van der Waals surface area (Å²) in [6.07, 6.45) is -1.47. The highest BCUT2D eigenvalue weighted by Crippen LogP contribution is 2.09. The van der Waals surface area contributed by atoms with Crippen LogP contribution < -0.4 is 0 Å². The molecule has 0 aromatic carbocycles. The summed E-state index contributed by atoms with van der Waals surface area (Å²) in [6, 6.07) is 2.14. The van der Waals surface area contributed by atoms with E-state index in [4.69, 9.17) is 10.5 Å². The van der Waals surface area contributed by atoms with Crippen LogP contribution in [0.15, 0.2) is 10.2 Å². The molecule has 4 atom stereocenters. The normalized spacial score (nSPS) is 18.4. The largest absolute Gasteiger partial charge is 0.376 e. The van der Waals surface area contributed by atoms with Crippen molar-refractivity contribution in [3.63, 3.8) is 0 Å². The Labute approximate surface area is 94.8 Å². The zero-order valence-corrected chi connectivity index (χ0v) is 9.41. The maximum Gasteiger partial charge on any atom is 0.164 e. The molecule has 0 rings (SSSR count). The van der Waals surface area contributed by atoms with Crippen LogP contribution in [0.25, 0.3) is 0 Å². The molecule has 88 valence electrons. The van der Waals surface area contributed by atoms with E-state index in [9.17, 15) is 10.2 Å². The van der Waals surface area contributed by atoms with Crippen molar-refractivity contribution in [3.05, 3.63) is 0 Å². The van der Waals surface area contributed by atoms with Crippen LogP contribution in [0.3, 0.4) is 0 Å². The van der Waals surface area contributed by atoms with Gasteiger partial charge in [-0.05, 0) is 12.8 Å². The molecule has 0 saturated carbocycles. The Bertz CT molecular complexity index is 275. The highest BCUT2D eigenvalue weighted by atomic mass is 16.3. The van der Waals surface area contributed by atoms with Crippen LogP contribution in [0.1, 0.15) is 26.7 Å². The van der Waals surface area contributed by atoms with Gasteiger partial charge in [-0.1, -0.05) is 13.8 Å². The minimum Gasteiger partial charge on any atom is -0.376 e. The summed E-state index contributed by atoms with van der Waals surface area (Å²) in [5.41, 5.74) is 0. The lowest BCUT2D eigenvalue weighted by molar-refractivity contribution is 0.177. The van der Waals surface area contributed by atoms with E-state index in [1.807, 2.05) is 0 Å². The van der Waals surface area contributed by atoms with Gasteiger partial charge in [0.15, 0.2) is 12.2 Å². The Balaban J connectivity index is 4.55. The SMILES string of the molecule is CCC(/N=N/C(CC)C(O)C#N)C(O)C#N. The van der Waals surface area contributed by atoms with Crippen molar-refractivity contribution >= 4 is 0 Å². The first-order valence-electron chi connectivity index (χ1n) is 5.15. The summed E-state index contributed by atoms with van der Waals surface area (Å²) < 4.78 is 0. The first-order chi connectivity index (χ1) is 7.60. The monoisotopic (exact) mass is 224 g/mol. The molecule has 0 spiro atoms. The van der Waals surface area contributed by atoms with E-state index >= 15 is 0 Å². The number of hydrogen-bond acceptors (Lipinski definition) is 6. The Morgan fingerprint density at radius 2 is 1.25 bits per heavy atom. The van der Waals surface area contributed by atoms with Gasteiger partial charge < -0.3 is 10.2 Å². The van der Waals surface area contributed by atoms with Crippen LogP contribution in [0.5, 0.6) is 0 Å². The van der Waals surface area contributed by atoms with Gasteiger partial charge in [-0.2, -0.15) is 20.8 Å². The Morgan fingerprint density at radius 3 is 1.44 bits per heavy atom. The van der Waals surface area contributed by atoms with Gasteiger partial charge >= 0.3 is 0 Å². The molecule has 0 fully saturated rings. The van der Waals surface area contributed by atoms with Crippen LogP contribution in [-0.4, -0.2) is 34.5 Å². The number of aliphatic hydroxyl groups is 2. The van der Waals surface area contributed by atoms with Gasteiger partial charge in [0, 0.05) is 0 Å². The topological polar surface area (TPSA) is 113 Å². The average molecular weight is 224 g/mol. The standard InChI is InChI=1S/C10H16N4O2/c1-3-7(9(15)5-11)13-14-8(4-2)10(16)6-12/h7-10,15-16H,3-4H2,1-2H3/b14-13+. The molecule has 0 aliphatic heterocycles. The van der Waals surface area contributed by atoms with Crippen LogP contribution in [0.2, 0.25) is 0 Å². The second kappa shape index (κ2) is 7.75. The molecular weight excluding hydrogens is 208 g/mol. The van der Waals surface area contributed by atoms with Gasteiger partial charge in [0.05, 0.1) is 12.1 Å². The Morgan fingerprint density at radius 1 is 0.938 bits per heavy atom. The van der Waals surface area contributed by atoms with E-state index in [2.05, 4.69) is 10.2 Å². The summed E-state index contributed by atoms with van der Waals surface area (Å²) in [5, 5.41) is 43.1. The molecule has 6 heteroatoms. The molecule has 0 aromatic heterocycles. The van der Waals surface area contributed by atoms with E-state index in [0.717, 1.165) is 0 Å². The fourth-order valence-corrected chi connectivity index (χ4v) is 1.08. The molecule has 0 radical (unpaired) electrons. The third-order valence-corrected chi connectivity index (χ3v) is 2.19. The molecule has 16 heavy (non-hydrogen) atoms. The van der Waals surface area contributed by atoms with Crippen molar-refractivity contribution < 1.29 is 10.2 Å². The summed E-state index contributed by atoms with van der Waals surface area (Å²) in [7, 11) is 0. The lowest BCUT2D eigenvalue weighted by Crippen LogP contribution is -2.24. The predicted octanol–water partition coefficient (Wildman–Crippen LogP) is 0.765. The van der Waals surface area contributed by atoms with E-state index < -0.39 is 24.3 Å². The number of nitrogens with zero attached hydrogens (tertiary/aromatic N) is 4. The van der Waals surface area contributed by atoms with Gasteiger partial charge in [-0.3, -0.25) is 0 Å². The highest BCUT2D eigenvalue weighted by molar-refractivity contribution is 4.93. The Hall–Kier alpha value is -1.50. The van der Waals surface area contributed by atoms with Crippen molar-refractivity contribution in [1.82, 2.24) is 0 Å². The van der Waals surface area contributed by atoms with Gasteiger partial charge in [0.25, 0.3) is 0 Å². The van der Waals surface area contributed by atoms with Crippen LogP contribution in [0, 0.1) is 22.7 Å². The van der Waals surface area contributed by atoms with Crippen LogP contribution in [0.4, 0.5) is 0 Å². The lowest BCUT2D eigenvalue weighted by Gasteiger charge is -2.13. The zero-order valence-electron chi connectivity index (χ0n) is 9.41. The van der Waals surface area contributed by atoms with Gasteiger partial charge in [0.2, 0.25) is 0 Å². The molecule has 2 N–H and O–H groups in total. The average Bonchev–Trinajstić information content (AvgIpc) is 2.33. The van der Waals surface area contributed by atoms with Crippen molar-refractivity contribution in [1.29, 1.82) is 10.5 Å². The van der Waals surface area contributed by atoms with Crippen LogP contribution in [-0.2, 0) is 0 Å². The van der Waals surface area contributed by atoms with Crippen molar-refractivity contribution in [2.24, 2.45) is 10.2 Å². The summed E-state index contributed by atoms with van der Waals surface area (Å²) in [4.78, 5) is 0. The molecule has 0 aliphatic rings. The molecule has 0 heterocycles. The van der Waals surface area contributed by atoms with Crippen molar-refractivity contribution in [2.45, 2.75) is 51.0 Å². The molecule has 0 amide bonds. The van der Waals surface area contributed by atoms with Gasteiger partial charge in [-0.15, -0.1) is 0 Å². The second-order valence-corrected chi connectivity index (χ2v) is 3.33. The molecule has 0 saturated heterocycles. The van der Waals surface area contributed by atoms with E-state index in [1.54, 1.807) is 26.0 Å². The van der Waals surface area contributed by atoms with E-state index in [-0.39, 0.29) is 0 Å². The second-order valence-electron chi connectivity index (χ2n) is 3.33. The zero-order chi connectivity index (χ0) is 12.6.